The van der Waals surface area contributed by atoms with Gasteiger partial charge < -0.3 is 5.32 Å². The van der Waals surface area contributed by atoms with Crippen molar-refractivity contribution in [2.45, 2.75) is 12.1 Å². The third-order valence-electron chi connectivity index (χ3n) is 3.36. The highest BCUT2D eigenvalue weighted by Crippen LogP contribution is 2.22. The van der Waals surface area contributed by atoms with Crippen molar-refractivity contribution in [3.63, 3.8) is 0 Å². The Bertz CT molecular complexity index is 870. The van der Waals surface area contributed by atoms with E-state index < -0.39 is 0 Å². The molecule has 3 aromatic rings. The van der Waals surface area contributed by atoms with E-state index in [0.29, 0.717) is 15.9 Å². The first-order valence-electron chi connectivity index (χ1n) is 7.69. The number of rotatable bonds is 5. The van der Waals surface area contributed by atoms with Crippen LogP contribution in [0.2, 0.25) is 5.02 Å². The Balaban J connectivity index is 1.65. The van der Waals surface area contributed by atoms with E-state index >= 15 is 0 Å². The number of nitrogens with zero attached hydrogens (tertiary/aromatic N) is 2. The predicted octanol–water partition coefficient (Wildman–Crippen LogP) is 4.84. The molecule has 2 aromatic carbocycles. The lowest BCUT2D eigenvalue weighted by molar-refractivity contribution is -0.113. The normalized spacial score (nSPS) is 10.5. The zero-order chi connectivity index (χ0) is 17.6. The lowest BCUT2D eigenvalue weighted by Crippen LogP contribution is -2.14. The quantitative estimate of drug-likeness (QED) is 0.516. The number of aromatic nitrogens is 2. The number of hydrogen-bond donors (Lipinski definition) is 1. The zero-order valence-electron chi connectivity index (χ0n) is 13.6. The molecule has 1 heterocycles. The molecule has 126 valence electrons. The van der Waals surface area contributed by atoms with E-state index in [9.17, 15) is 4.79 Å². The van der Waals surface area contributed by atoms with Crippen LogP contribution in [0.1, 0.15) is 5.69 Å². The van der Waals surface area contributed by atoms with Crippen LogP contribution in [0.15, 0.2) is 65.8 Å². The SMILES string of the molecule is Cc1cc(-c2ccccc2)nc(SCC(=O)Nc2ccc(Cl)cc2)n1. The molecule has 1 N–H and O–H groups in total. The number of hydrogen-bond acceptors (Lipinski definition) is 4. The van der Waals surface area contributed by atoms with Gasteiger partial charge >= 0.3 is 0 Å². The summed E-state index contributed by atoms with van der Waals surface area (Å²) in [4.78, 5) is 21.0. The maximum Gasteiger partial charge on any atom is 0.234 e. The summed E-state index contributed by atoms with van der Waals surface area (Å²) >= 11 is 7.15. The van der Waals surface area contributed by atoms with Gasteiger partial charge in [0, 0.05) is 22.0 Å². The molecule has 0 unspecified atom stereocenters. The van der Waals surface area contributed by atoms with Gasteiger partial charge in [0.15, 0.2) is 5.16 Å². The summed E-state index contributed by atoms with van der Waals surface area (Å²) < 4.78 is 0. The van der Waals surface area contributed by atoms with Crippen molar-refractivity contribution in [1.82, 2.24) is 9.97 Å². The number of halogens is 1. The molecule has 0 spiro atoms. The van der Waals surface area contributed by atoms with Crippen molar-refractivity contribution in [3.8, 4) is 11.3 Å². The maximum absolute atomic E-state index is 12.1. The number of carbonyl (C=O) groups excluding carboxylic acids is 1. The average molecular weight is 370 g/mol. The fourth-order valence-electron chi connectivity index (χ4n) is 2.22. The first-order chi connectivity index (χ1) is 12.1. The Labute approximate surface area is 155 Å². The van der Waals surface area contributed by atoms with Crippen LogP contribution in [-0.2, 0) is 4.79 Å². The zero-order valence-corrected chi connectivity index (χ0v) is 15.1. The minimum absolute atomic E-state index is 0.112. The van der Waals surface area contributed by atoms with Crippen LogP contribution in [0.4, 0.5) is 5.69 Å². The van der Waals surface area contributed by atoms with Gasteiger partial charge in [-0.2, -0.15) is 0 Å². The highest BCUT2D eigenvalue weighted by molar-refractivity contribution is 7.99. The Kier molecular flexibility index (Phi) is 5.68. The van der Waals surface area contributed by atoms with Gasteiger partial charge in [-0.25, -0.2) is 9.97 Å². The molecule has 4 nitrogen and oxygen atoms in total. The van der Waals surface area contributed by atoms with Crippen molar-refractivity contribution in [2.75, 3.05) is 11.1 Å². The highest BCUT2D eigenvalue weighted by atomic mass is 35.5. The molecule has 6 heteroatoms. The Morgan fingerprint density at radius 1 is 1.08 bits per heavy atom. The average Bonchev–Trinajstić information content (AvgIpc) is 2.62. The van der Waals surface area contributed by atoms with Crippen molar-refractivity contribution >= 4 is 35.0 Å². The molecule has 0 saturated heterocycles. The summed E-state index contributed by atoms with van der Waals surface area (Å²) in [6.07, 6.45) is 0. The molecule has 0 atom stereocenters. The van der Waals surface area contributed by atoms with E-state index in [1.165, 1.54) is 11.8 Å². The molecule has 0 saturated carbocycles. The van der Waals surface area contributed by atoms with Crippen LogP contribution in [-0.4, -0.2) is 21.6 Å². The van der Waals surface area contributed by atoms with Crippen molar-refractivity contribution < 1.29 is 4.79 Å². The van der Waals surface area contributed by atoms with Crippen LogP contribution in [0.5, 0.6) is 0 Å². The Morgan fingerprint density at radius 2 is 1.80 bits per heavy atom. The van der Waals surface area contributed by atoms with Gasteiger partial charge in [-0.05, 0) is 37.3 Å². The van der Waals surface area contributed by atoms with Gasteiger partial charge in [0.05, 0.1) is 11.4 Å². The summed E-state index contributed by atoms with van der Waals surface area (Å²) in [5, 5.41) is 4.05. The van der Waals surface area contributed by atoms with E-state index in [4.69, 9.17) is 11.6 Å². The van der Waals surface area contributed by atoms with Gasteiger partial charge in [0.2, 0.25) is 5.91 Å². The molecule has 3 rings (SSSR count). The van der Waals surface area contributed by atoms with Crippen LogP contribution < -0.4 is 5.32 Å². The van der Waals surface area contributed by atoms with Crippen LogP contribution in [0, 0.1) is 6.92 Å². The Morgan fingerprint density at radius 3 is 2.52 bits per heavy atom. The molecule has 0 radical (unpaired) electrons. The predicted molar refractivity (Wildman–Crippen MR) is 103 cm³/mol. The van der Waals surface area contributed by atoms with E-state index in [2.05, 4.69) is 15.3 Å². The molecule has 25 heavy (non-hydrogen) atoms. The van der Waals surface area contributed by atoms with E-state index in [1.54, 1.807) is 24.3 Å². The number of thioether (sulfide) groups is 1. The second kappa shape index (κ2) is 8.14. The fraction of sp³-hybridized carbons (Fsp3) is 0.105. The van der Waals surface area contributed by atoms with Crippen LogP contribution in [0.25, 0.3) is 11.3 Å². The molecule has 0 aliphatic carbocycles. The molecule has 1 aromatic heterocycles. The molecule has 0 aliphatic heterocycles. The topological polar surface area (TPSA) is 54.9 Å². The summed E-state index contributed by atoms with van der Waals surface area (Å²) in [5.41, 5.74) is 3.47. The number of anilines is 1. The largest absolute Gasteiger partial charge is 0.325 e. The van der Waals surface area contributed by atoms with Crippen molar-refractivity contribution in [2.24, 2.45) is 0 Å². The maximum atomic E-state index is 12.1. The van der Waals surface area contributed by atoms with Gasteiger partial charge in [-0.3, -0.25) is 4.79 Å². The number of carbonyl (C=O) groups is 1. The van der Waals surface area contributed by atoms with Gasteiger partial charge in [0.1, 0.15) is 0 Å². The fourth-order valence-corrected chi connectivity index (χ4v) is 3.05. The van der Waals surface area contributed by atoms with Gasteiger partial charge in [-0.15, -0.1) is 0 Å². The molecule has 0 bridgehead atoms. The minimum Gasteiger partial charge on any atom is -0.325 e. The summed E-state index contributed by atoms with van der Waals surface area (Å²) in [7, 11) is 0. The Hall–Kier alpha value is -2.37. The van der Waals surface area contributed by atoms with Crippen molar-refractivity contribution in [1.29, 1.82) is 0 Å². The lowest BCUT2D eigenvalue weighted by atomic mass is 10.1. The standard InChI is InChI=1S/C19H16ClN3OS/c1-13-11-17(14-5-3-2-4-6-14)23-19(21-13)25-12-18(24)22-16-9-7-15(20)8-10-16/h2-11H,12H2,1H3,(H,22,24). The van der Waals surface area contributed by atoms with E-state index in [-0.39, 0.29) is 11.7 Å². The number of nitrogens with one attached hydrogen (secondary N) is 1. The molecule has 1 amide bonds. The highest BCUT2D eigenvalue weighted by Gasteiger charge is 2.08. The van der Waals surface area contributed by atoms with Crippen LogP contribution >= 0.6 is 23.4 Å². The number of amides is 1. The smallest absolute Gasteiger partial charge is 0.234 e. The molecular formula is C19H16ClN3OS. The molecular weight excluding hydrogens is 354 g/mol. The second-order valence-corrected chi connectivity index (χ2v) is 6.77. The third-order valence-corrected chi connectivity index (χ3v) is 4.46. The second-order valence-electron chi connectivity index (χ2n) is 5.39. The van der Waals surface area contributed by atoms with Crippen molar-refractivity contribution in [3.05, 3.63) is 71.4 Å². The van der Waals surface area contributed by atoms with E-state index in [0.717, 1.165) is 17.0 Å². The van der Waals surface area contributed by atoms with Gasteiger partial charge in [-0.1, -0.05) is 53.7 Å². The molecule has 0 fully saturated rings. The number of benzene rings is 2. The van der Waals surface area contributed by atoms with E-state index in [1.807, 2.05) is 43.3 Å². The minimum atomic E-state index is -0.112. The van der Waals surface area contributed by atoms with Crippen LogP contribution in [0.3, 0.4) is 0 Å². The number of aryl methyl sites for hydroxylation is 1. The third kappa shape index (κ3) is 5.05. The van der Waals surface area contributed by atoms with Gasteiger partial charge in [0.25, 0.3) is 0 Å². The summed E-state index contributed by atoms with van der Waals surface area (Å²) in [6, 6.07) is 18.9. The monoisotopic (exact) mass is 369 g/mol. The summed E-state index contributed by atoms with van der Waals surface area (Å²) in [5.74, 6) is 0.124. The first-order valence-corrected chi connectivity index (χ1v) is 9.06. The lowest BCUT2D eigenvalue weighted by Gasteiger charge is -2.07. The molecule has 0 aliphatic rings. The summed E-state index contributed by atoms with van der Waals surface area (Å²) in [6.45, 7) is 1.92. The first kappa shape index (κ1) is 17.5.